The third-order valence-corrected chi connectivity index (χ3v) is 2.15. The second kappa shape index (κ2) is 4.58. The summed E-state index contributed by atoms with van der Waals surface area (Å²) in [5, 5.41) is 0. The molecule has 1 aromatic carbocycles. The molecule has 0 N–H and O–H groups in total. The molecule has 0 amide bonds. The lowest BCUT2D eigenvalue weighted by Gasteiger charge is -2.10. The van der Waals surface area contributed by atoms with Crippen molar-refractivity contribution in [3.63, 3.8) is 0 Å². The van der Waals surface area contributed by atoms with Gasteiger partial charge in [0, 0.05) is 11.6 Å². The quantitative estimate of drug-likeness (QED) is 0.729. The molecule has 4 heteroatoms. The Bertz CT molecular complexity index is 287. The standard InChI is InChI=1S/C9H10Cl2O2/c1-12-6-3-4-7(9(10)11)8(5-6)13-2/h3-5,9H,1-2H3. The van der Waals surface area contributed by atoms with Crippen molar-refractivity contribution >= 4 is 23.2 Å². The third kappa shape index (κ3) is 2.42. The van der Waals surface area contributed by atoms with Gasteiger partial charge in [0.25, 0.3) is 0 Å². The molecule has 1 rings (SSSR count). The van der Waals surface area contributed by atoms with Gasteiger partial charge in [-0.05, 0) is 12.1 Å². The van der Waals surface area contributed by atoms with Gasteiger partial charge in [-0.15, -0.1) is 0 Å². The molecule has 0 aliphatic rings. The van der Waals surface area contributed by atoms with Gasteiger partial charge in [0.05, 0.1) is 14.2 Å². The third-order valence-electron chi connectivity index (χ3n) is 1.68. The van der Waals surface area contributed by atoms with Crippen molar-refractivity contribution in [3.8, 4) is 11.5 Å². The maximum absolute atomic E-state index is 5.73. The van der Waals surface area contributed by atoms with Crippen LogP contribution in [-0.2, 0) is 0 Å². The Morgan fingerprint density at radius 3 is 2.31 bits per heavy atom. The monoisotopic (exact) mass is 220 g/mol. The number of alkyl halides is 2. The zero-order chi connectivity index (χ0) is 9.84. The van der Waals surface area contributed by atoms with Crippen molar-refractivity contribution in [1.29, 1.82) is 0 Å². The molecule has 2 nitrogen and oxygen atoms in total. The van der Waals surface area contributed by atoms with E-state index in [-0.39, 0.29) is 0 Å². The fraction of sp³-hybridized carbons (Fsp3) is 0.333. The first kappa shape index (κ1) is 10.5. The van der Waals surface area contributed by atoms with Gasteiger partial charge in [0.15, 0.2) is 0 Å². The predicted octanol–water partition coefficient (Wildman–Crippen LogP) is 3.18. The largest absolute Gasteiger partial charge is 0.497 e. The molecule has 0 spiro atoms. The van der Waals surface area contributed by atoms with Gasteiger partial charge < -0.3 is 9.47 Å². The van der Waals surface area contributed by atoms with Crippen LogP contribution in [0.25, 0.3) is 0 Å². The average molecular weight is 221 g/mol. The summed E-state index contributed by atoms with van der Waals surface area (Å²) in [5.74, 6) is 1.35. The highest BCUT2D eigenvalue weighted by Crippen LogP contribution is 2.34. The Balaban J connectivity index is 3.08. The molecule has 0 radical (unpaired) electrons. The highest BCUT2D eigenvalue weighted by Gasteiger charge is 2.10. The fourth-order valence-electron chi connectivity index (χ4n) is 0.999. The molecule has 0 saturated carbocycles. The number of rotatable bonds is 3. The van der Waals surface area contributed by atoms with Crippen LogP contribution >= 0.6 is 23.2 Å². The maximum Gasteiger partial charge on any atom is 0.136 e. The van der Waals surface area contributed by atoms with Crippen molar-refractivity contribution in [2.24, 2.45) is 0 Å². The number of methoxy groups -OCH3 is 2. The molecule has 0 heterocycles. The topological polar surface area (TPSA) is 18.5 Å². The van der Waals surface area contributed by atoms with E-state index in [1.54, 1.807) is 32.4 Å². The van der Waals surface area contributed by atoms with Crippen molar-refractivity contribution < 1.29 is 9.47 Å². The number of benzene rings is 1. The zero-order valence-corrected chi connectivity index (χ0v) is 8.89. The first-order valence-corrected chi connectivity index (χ1v) is 4.56. The van der Waals surface area contributed by atoms with E-state index in [9.17, 15) is 0 Å². The molecule has 0 saturated heterocycles. The van der Waals surface area contributed by atoms with Crippen LogP contribution in [0.1, 0.15) is 10.4 Å². The summed E-state index contributed by atoms with van der Waals surface area (Å²) in [5.41, 5.74) is 0.742. The molecule has 0 aliphatic heterocycles. The van der Waals surface area contributed by atoms with Crippen molar-refractivity contribution in [1.82, 2.24) is 0 Å². The van der Waals surface area contributed by atoms with Crippen LogP contribution in [0.3, 0.4) is 0 Å². The van der Waals surface area contributed by atoms with Crippen LogP contribution in [-0.4, -0.2) is 14.2 Å². The lowest BCUT2D eigenvalue weighted by Crippen LogP contribution is -1.92. The highest BCUT2D eigenvalue weighted by atomic mass is 35.5. The van der Waals surface area contributed by atoms with Gasteiger partial charge in [-0.25, -0.2) is 0 Å². The molecule has 0 fully saturated rings. The highest BCUT2D eigenvalue weighted by molar-refractivity contribution is 6.44. The summed E-state index contributed by atoms with van der Waals surface area (Å²) in [7, 11) is 3.15. The minimum Gasteiger partial charge on any atom is -0.497 e. The molecule has 13 heavy (non-hydrogen) atoms. The van der Waals surface area contributed by atoms with Crippen molar-refractivity contribution in [2.75, 3.05) is 14.2 Å². The lowest BCUT2D eigenvalue weighted by atomic mass is 10.2. The minimum atomic E-state index is -0.583. The molecule has 0 unspecified atom stereocenters. The maximum atomic E-state index is 5.73. The van der Waals surface area contributed by atoms with Crippen molar-refractivity contribution in [3.05, 3.63) is 23.8 Å². The van der Waals surface area contributed by atoms with Gasteiger partial charge in [-0.1, -0.05) is 23.2 Å². The number of ether oxygens (including phenoxy) is 2. The molecule has 1 aromatic rings. The zero-order valence-electron chi connectivity index (χ0n) is 7.38. The molecule has 0 aromatic heterocycles. The van der Waals surface area contributed by atoms with E-state index in [0.717, 1.165) is 11.3 Å². The molecule has 0 aliphatic carbocycles. The summed E-state index contributed by atoms with van der Waals surface area (Å²) >= 11 is 11.5. The minimum absolute atomic E-state index is 0.583. The summed E-state index contributed by atoms with van der Waals surface area (Å²) in [6.07, 6.45) is 0. The van der Waals surface area contributed by atoms with E-state index < -0.39 is 4.84 Å². The van der Waals surface area contributed by atoms with Crippen LogP contribution in [0.4, 0.5) is 0 Å². The number of hydrogen-bond acceptors (Lipinski definition) is 2. The Morgan fingerprint density at radius 2 is 1.85 bits per heavy atom. The molecular weight excluding hydrogens is 211 g/mol. The van der Waals surface area contributed by atoms with Crippen molar-refractivity contribution in [2.45, 2.75) is 4.84 Å². The normalized spacial score (nSPS) is 10.2. The molecule has 0 bridgehead atoms. The van der Waals surface area contributed by atoms with Gasteiger partial charge in [-0.2, -0.15) is 0 Å². The summed E-state index contributed by atoms with van der Waals surface area (Å²) < 4.78 is 10.1. The summed E-state index contributed by atoms with van der Waals surface area (Å²) in [4.78, 5) is -0.583. The molecular formula is C9H10Cl2O2. The van der Waals surface area contributed by atoms with E-state index in [4.69, 9.17) is 32.7 Å². The molecule has 72 valence electrons. The Kier molecular flexibility index (Phi) is 3.70. The summed E-state index contributed by atoms with van der Waals surface area (Å²) in [6.45, 7) is 0. The van der Waals surface area contributed by atoms with Crippen LogP contribution < -0.4 is 9.47 Å². The lowest BCUT2D eigenvalue weighted by molar-refractivity contribution is 0.392. The fourth-order valence-corrected chi connectivity index (χ4v) is 1.36. The van der Waals surface area contributed by atoms with E-state index >= 15 is 0 Å². The Morgan fingerprint density at radius 1 is 1.15 bits per heavy atom. The van der Waals surface area contributed by atoms with E-state index in [1.165, 1.54) is 0 Å². The SMILES string of the molecule is COc1ccc(C(Cl)Cl)c(OC)c1. The van der Waals surface area contributed by atoms with Gasteiger partial charge in [0.1, 0.15) is 16.3 Å². The second-order valence-electron chi connectivity index (χ2n) is 2.41. The van der Waals surface area contributed by atoms with Gasteiger partial charge in [0.2, 0.25) is 0 Å². The first-order chi connectivity index (χ1) is 6.19. The van der Waals surface area contributed by atoms with Crippen LogP contribution in [0, 0.1) is 0 Å². The van der Waals surface area contributed by atoms with E-state index in [2.05, 4.69) is 0 Å². The van der Waals surface area contributed by atoms with E-state index in [1.807, 2.05) is 0 Å². The van der Waals surface area contributed by atoms with Crippen LogP contribution in [0.2, 0.25) is 0 Å². The Hall–Kier alpha value is -0.600. The smallest absolute Gasteiger partial charge is 0.136 e. The summed E-state index contributed by atoms with van der Waals surface area (Å²) in [6, 6.07) is 5.31. The van der Waals surface area contributed by atoms with Gasteiger partial charge in [-0.3, -0.25) is 0 Å². The average Bonchev–Trinajstić information content (AvgIpc) is 2.16. The number of hydrogen-bond donors (Lipinski definition) is 0. The number of halogens is 2. The second-order valence-corrected chi connectivity index (χ2v) is 3.50. The van der Waals surface area contributed by atoms with E-state index in [0.29, 0.717) is 5.75 Å². The van der Waals surface area contributed by atoms with Crippen LogP contribution in [0.15, 0.2) is 18.2 Å². The first-order valence-electron chi connectivity index (χ1n) is 3.69. The molecule has 0 atom stereocenters. The predicted molar refractivity (Wildman–Crippen MR) is 54.0 cm³/mol. The Labute approximate surface area is 87.4 Å². The van der Waals surface area contributed by atoms with Crippen LogP contribution in [0.5, 0.6) is 11.5 Å². The van der Waals surface area contributed by atoms with Gasteiger partial charge >= 0.3 is 0 Å².